The molecule has 0 bridgehead atoms. The van der Waals surface area contributed by atoms with E-state index in [1.807, 2.05) is 24.3 Å². The number of para-hydroxylation sites is 2. The van der Waals surface area contributed by atoms with E-state index in [-0.39, 0.29) is 30.7 Å². The highest BCUT2D eigenvalue weighted by atomic mass is 16.5. The molecule has 0 saturated carbocycles. The number of benzene rings is 2. The molecule has 2 amide bonds. The van der Waals surface area contributed by atoms with Crippen molar-refractivity contribution in [3.8, 4) is 11.5 Å². The summed E-state index contributed by atoms with van der Waals surface area (Å²) < 4.78 is 11.0. The Hall–Kier alpha value is -3.55. The van der Waals surface area contributed by atoms with Crippen LogP contribution in [-0.4, -0.2) is 68.9 Å². The fourth-order valence-electron chi connectivity index (χ4n) is 4.08. The van der Waals surface area contributed by atoms with Gasteiger partial charge in [-0.2, -0.15) is 0 Å². The molecule has 0 radical (unpaired) electrons. The molecule has 8 heteroatoms. The maximum Gasteiger partial charge on any atom is 0.265 e. The summed E-state index contributed by atoms with van der Waals surface area (Å²) >= 11 is 0. The number of carbonyl (C=O) groups is 3. The van der Waals surface area contributed by atoms with Crippen LogP contribution in [0, 0.1) is 0 Å². The van der Waals surface area contributed by atoms with Gasteiger partial charge in [-0.25, -0.2) is 0 Å². The van der Waals surface area contributed by atoms with Crippen molar-refractivity contribution in [2.24, 2.45) is 0 Å². The van der Waals surface area contributed by atoms with Gasteiger partial charge in [0, 0.05) is 38.2 Å². The average Bonchev–Trinajstić information content (AvgIpc) is 2.85. The van der Waals surface area contributed by atoms with Gasteiger partial charge in [0.25, 0.3) is 5.91 Å². The number of hydrogen-bond donors (Lipinski definition) is 0. The number of methoxy groups -OCH3 is 1. The maximum atomic E-state index is 13.0. The zero-order valence-corrected chi connectivity index (χ0v) is 18.4. The van der Waals surface area contributed by atoms with E-state index in [2.05, 4.69) is 4.90 Å². The van der Waals surface area contributed by atoms with E-state index in [0.29, 0.717) is 49.6 Å². The lowest BCUT2D eigenvalue weighted by Crippen LogP contribution is -2.53. The van der Waals surface area contributed by atoms with Gasteiger partial charge in [-0.15, -0.1) is 0 Å². The van der Waals surface area contributed by atoms with Crippen LogP contribution in [0.25, 0.3) is 0 Å². The second-order valence-corrected chi connectivity index (χ2v) is 7.77. The van der Waals surface area contributed by atoms with Crippen molar-refractivity contribution in [3.05, 3.63) is 48.0 Å². The monoisotopic (exact) mass is 437 g/mol. The lowest BCUT2D eigenvalue weighted by molar-refractivity contribution is -0.132. The first-order valence-electron chi connectivity index (χ1n) is 10.8. The van der Waals surface area contributed by atoms with Crippen molar-refractivity contribution in [3.63, 3.8) is 0 Å². The molecule has 4 rings (SSSR count). The SMILES string of the molecule is CCC(=O)c1ccc2c(c1)N(CC(=O)N1CCN(c3ccccc3OC)CC1)C(=O)CO2. The zero-order chi connectivity index (χ0) is 22.7. The minimum atomic E-state index is -0.292. The summed E-state index contributed by atoms with van der Waals surface area (Å²) in [5.41, 5.74) is 1.99. The second-order valence-electron chi connectivity index (χ2n) is 7.77. The van der Waals surface area contributed by atoms with Crippen LogP contribution in [0.5, 0.6) is 11.5 Å². The molecular formula is C24H27N3O5. The number of fused-ring (bicyclic) bond motifs is 1. The summed E-state index contributed by atoms with van der Waals surface area (Å²) in [6.45, 7) is 4.04. The number of nitrogens with zero attached hydrogens (tertiary/aromatic N) is 3. The number of hydrogen-bond acceptors (Lipinski definition) is 6. The Morgan fingerprint density at radius 2 is 1.78 bits per heavy atom. The number of piperazine rings is 1. The van der Waals surface area contributed by atoms with Gasteiger partial charge >= 0.3 is 0 Å². The molecule has 0 spiro atoms. The van der Waals surface area contributed by atoms with Crippen molar-refractivity contribution < 1.29 is 23.9 Å². The van der Waals surface area contributed by atoms with Crippen LogP contribution >= 0.6 is 0 Å². The molecule has 8 nitrogen and oxygen atoms in total. The molecule has 1 saturated heterocycles. The number of ether oxygens (including phenoxy) is 2. The third-order valence-electron chi connectivity index (χ3n) is 5.90. The van der Waals surface area contributed by atoms with E-state index in [0.717, 1.165) is 11.4 Å². The first kappa shape index (κ1) is 21.7. The Labute approximate surface area is 187 Å². The van der Waals surface area contributed by atoms with Crippen LogP contribution in [0.4, 0.5) is 11.4 Å². The highest BCUT2D eigenvalue weighted by Crippen LogP contribution is 2.33. The second kappa shape index (κ2) is 9.30. The highest BCUT2D eigenvalue weighted by Gasteiger charge is 2.31. The number of amides is 2. The van der Waals surface area contributed by atoms with Crippen LogP contribution < -0.4 is 19.3 Å². The molecule has 32 heavy (non-hydrogen) atoms. The average molecular weight is 437 g/mol. The smallest absolute Gasteiger partial charge is 0.265 e. The molecule has 0 N–H and O–H groups in total. The summed E-state index contributed by atoms with van der Waals surface area (Å²) in [5.74, 6) is 0.869. The maximum absolute atomic E-state index is 13.0. The lowest BCUT2D eigenvalue weighted by atomic mass is 10.1. The first-order valence-corrected chi connectivity index (χ1v) is 10.8. The van der Waals surface area contributed by atoms with Crippen LogP contribution in [-0.2, 0) is 9.59 Å². The van der Waals surface area contributed by atoms with Gasteiger partial charge in [0.15, 0.2) is 12.4 Å². The first-order chi connectivity index (χ1) is 15.5. The van der Waals surface area contributed by atoms with E-state index in [1.54, 1.807) is 37.1 Å². The van der Waals surface area contributed by atoms with Gasteiger partial charge in [-0.1, -0.05) is 19.1 Å². The van der Waals surface area contributed by atoms with Gasteiger partial charge in [0.2, 0.25) is 5.91 Å². The number of carbonyl (C=O) groups excluding carboxylic acids is 3. The molecule has 1 fully saturated rings. The molecule has 0 aliphatic carbocycles. The fourth-order valence-corrected chi connectivity index (χ4v) is 4.08. The van der Waals surface area contributed by atoms with E-state index in [1.165, 1.54) is 4.90 Å². The lowest BCUT2D eigenvalue weighted by Gasteiger charge is -2.38. The van der Waals surface area contributed by atoms with Gasteiger partial charge in [-0.3, -0.25) is 19.3 Å². The minimum Gasteiger partial charge on any atom is -0.495 e. The quantitative estimate of drug-likeness (QED) is 0.646. The molecular weight excluding hydrogens is 410 g/mol. The minimum absolute atomic E-state index is 0.0236. The molecule has 0 unspecified atom stereocenters. The molecule has 0 aromatic heterocycles. The summed E-state index contributed by atoms with van der Waals surface area (Å²) in [6, 6.07) is 12.9. The van der Waals surface area contributed by atoms with Gasteiger partial charge in [0.1, 0.15) is 18.0 Å². The summed E-state index contributed by atoms with van der Waals surface area (Å²) in [5, 5.41) is 0. The highest BCUT2D eigenvalue weighted by molar-refractivity contribution is 6.04. The van der Waals surface area contributed by atoms with Crippen LogP contribution in [0.2, 0.25) is 0 Å². The van der Waals surface area contributed by atoms with Crippen LogP contribution in [0.3, 0.4) is 0 Å². The van der Waals surface area contributed by atoms with Gasteiger partial charge in [0.05, 0.1) is 18.5 Å². The van der Waals surface area contributed by atoms with E-state index in [9.17, 15) is 14.4 Å². The van der Waals surface area contributed by atoms with Crippen molar-refractivity contribution in [2.75, 3.05) is 56.2 Å². The Balaban J connectivity index is 1.45. The summed E-state index contributed by atoms with van der Waals surface area (Å²) in [7, 11) is 1.65. The zero-order valence-electron chi connectivity index (χ0n) is 18.4. The number of rotatable bonds is 6. The largest absolute Gasteiger partial charge is 0.495 e. The normalized spacial score (nSPS) is 15.8. The molecule has 2 aliphatic rings. The fraction of sp³-hybridized carbons (Fsp3) is 0.375. The van der Waals surface area contributed by atoms with Gasteiger partial charge in [-0.05, 0) is 30.3 Å². The Kier molecular flexibility index (Phi) is 6.30. The van der Waals surface area contributed by atoms with E-state index >= 15 is 0 Å². The molecule has 2 aliphatic heterocycles. The predicted molar refractivity (Wildman–Crippen MR) is 121 cm³/mol. The van der Waals surface area contributed by atoms with Crippen LogP contribution in [0.15, 0.2) is 42.5 Å². The topological polar surface area (TPSA) is 79.4 Å². The van der Waals surface area contributed by atoms with E-state index in [4.69, 9.17) is 9.47 Å². The number of anilines is 2. The Bertz CT molecular complexity index is 1030. The number of Topliss-reactive ketones (excluding diaryl/α,β-unsaturated/α-hetero) is 1. The third kappa shape index (κ3) is 4.26. The molecule has 168 valence electrons. The standard InChI is InChI=1S/C24H27N3O5/c1-3-20(28)17-8-9-22-19(14-17)27(24(30)16-32-22)15-23(29)26-12-10-25(11-13-26)18-6-4-5-7-21(18)31-2/h4-9,14H,3,10-13,15-16H2,1-2H3. The van der Waals surface area contributed by atoms with Crippen molar-refractivity contribution in [1.29, 1.82) is 0 Å². The predicted octanol–water partition coefficient (Wildman–Crippen LogP) is 2.36. The van der Waals surface area contributed by atoms with Gasteiger partial charge < -0.3 is 19.3 Å². The molecule has 0 atom stereocenters. The van der Waals surface area contributed by atoms with Crippen LogP contribution in [0.1, 0.15) is 23.7 Å². The summed E-state index contributed by atoms with van der Waals surface area (Å²) in [4.78, 5) is 43.1. The Morgan fingerprint density at radius 3 is 2.50 bits per heavy atom. The van der Waals surface area contributed by atoms with Crippen molar-refractivity contribution in [1.82, 2.24) is 4.90 Å². The van der Waals surface area contributed by atoms with Crippen molar-refractivity contribution in [2.45, 2.75) is 13.3 Å². The molecule has 2 aromatic carbocycles. The Morgan fingerprint density at radius 1 is 1.03 bits per heavy atom. The summed E-state index contributed by atoms with van der Waals surface area (Å²) in [6.07, 6.45) is 0.364. The molecule has 2 aromatic rings. The number of ketones is 1. The third-order valence-corrected chi connectivity index (χ3v) is 5.90. The molecule has 2 heterocycles. The van der Waals surface area contributed by atoms with E-state index < -0.39 is 0 Å². The van der Waals surface area contributed by atoms with Crippen molar-refractivity contribution >= 4 is 29.0 Å².